The summed E-state index contributed by atoms with van der Waals surface area (Å²) >= 11 is 19.4. The van der Waals surface area contributed by atoms with Crippen LogP contribution in [0.1, 0.15) is 30.5 Å². The van der Waals surface area contributed by atoms with E-state index in [9.17, 15) is 18.0 Å². The Morgan fingerprint density at radius 1 is 0.822 bits per heavy atom. The van der Waals surface area contributed by atoms with Crippen LogP contribution < -0.4 is 9.62 Å². The number of sulfonamides is 1. The maximum Gasteiger partial charge on any atom is 0.264 e. The van der Waals surface area contributed by atoms with Gasteiger partial charge in [-0.15, -0.1) is 0 Å². The average molecular weight is 687 g/mol. The van der Waals surface area contributed by atoms with Gasteiger partial charge in [0.2, 0.25) is 11.8 Å². The minimum Gasteiger partial charge on any atom is -0.352 e. The summed E-state index contributed by atoms with van der Waals surface area (Å²) in [6.07, 6.45) is 0.162. The van der Waals surface area contributed by atoms with Crippen molar-refractivity contribution in [3.05, 3.63) is 129 Å². The van der Waals surface area contributed by atoms with Crippen molar-refractivity contribution in [3.63, 3.8) is 0 Å². The van der Waals surface area contributed by atoms with Crippen LogP contribution in [0.3, 0.4) is 0 Å². The molecular formula is C34H34Cl3N3O4S. The fraction of sp³-hybridized carbons (Fsp3) is 0.235. The Kier molecular flexibility index (Phi) is 11.6. The summed E-state index contributed by atoms with van der Waals surface area (Å²) in [6.45, 7) is 4.61. The van der Waals surface area contributed by atoms with E-state index in [2.05, 4.69) is 5.32 Å². The highest BCUT2D eigenvalue weighted by atomic mass is 35.5. The molecule has 4 aromatic carbocycles. The van der Waals surface area contributed by atoms with E-state index in [-0.39, 0.29) is 29.6 Å². The number of rotatable bonds is 12. The molecule has 0 bridgehead atoms. The van der Waals surface area contributed by atoms with Gasteiger partial charge >= 0.3 is 0 Å². The predicted octanol–water partition coefficient (Wildman–Crippen LogP) is 7.32. The van der Waals surface area contributed by atoms with Gasteiger partial charge in [-0.2, -0.15) is 0 Å². The Morgan fingerprint density at radius 2 is 1.42 bits per heavy atom. The maximum atomic E-state index is 14.6. The summed E-state index contributed by atoms with van der Waals surface area (Å²) in [5, 5.41) is 3.84. The molecule has 0 saturated heterocycles. The molecule has 1 N–H and O–H groups in total. The van der Waals surface area contributed by atoms with E-state index in [1.54, 1.807) is 55.5 Å². The molecule has 4 aromatic rings. The van der Waals surface area contributed by atoms with Gasteiger partial charge in [-0.25, -0.2) is 8.42 Å². The van der Waals surface area contributed by atoms with Crippen molar-refractivity contribution in [2.24, 2.45) is 0 Å². The normalized spacial score (nSPS) is 12.1. The zero-order valence-electron chi connectivity index (χ0n) is 25.1. The number of amides is 2. The SMILES string of the molecule is Cc1ccc(Cl)cc1N(CC(=O)N(Cc1c(Cl)cccc1Cl)[C@@H](Cc1ccccc1)C(=O)NC(C)C)S(=O)(=O)c1ccccc1. The summed E-state index contributed by atoms with van der Waals surface area (Å²) in [5.74, 6) is -1.04. The molecule has 0 aromatic heterocycles. The van der Waals surface area contributed by atoms with Crippen LogP contribution in [0.2, 0.25) is 15.1 Å². The molecule has 0 aliphatic carbocycles. The van der Waals surface area contributed by atoms with Gasteiger partial charge in [0, 0.05) is 39.6 Å². The number of benzene rings is 4. The third-order valence-corrected chi connectivity index (χ3v) is 9.86. The topological polar surface area (TPSA) is 86.8 Å². The Bertz CT molecular complexity index is 1730. The first-order valence-electron chi connectivity index (χ1n) is 14.3. The van der Waals surface area contributed by atoms with Crippen molar-refractivity contribution in [2.45, 2.75) is 50.7 Å². The lowest BCUT2D eigenvalue weighted by Crippen LogP contribution is -2.54. The van der Waals surface area contributed by atoms with E-state index >= 15 is 0 Å². The van der Waals surface area contributed by atoms with Crippen LogP contribution in [0.4, 0.5) is 5.69 Å². The highest BCUT2D eigenvalue weighted by Gasteiger charge is 2.35. The smallest absolute Gasteiger partial charge is 0.264 e. The van der Waals surface area contributed by atoms with Crippen LogP contribution in [-0.4, -0.2) is 43.8 Å². The molecule has 4 rings (SSSR count). The molecule has 236 valence electrons. The Labute approximate surface area is 279 Å². The minimum atomic E-state index is -4.26. The van der Waals surface area contributed by atoms with Crippen LogP contribution in [-0.2, 0) is 32.6 Å². The lowest BCUT2D eigenvalue weighted by molar-refractivity contribution is -0.140. The molecule has 0 saturated carbocycles. The number of hydrogen-bond acceptors (Lipinski definition) is 4. The van der Waals surface area contributed by atoms with Gasteiger partial charge in [-0.3, -0.25) is 13.9 Å². The fourth-order valence-electron chi connectivity index (χ4n) is 4.87. The summed E-state index contributed by atoms with van der Waals surface area (Å²) < 4.78 is 29.3. The highest BCUT2D eigenvalue weighted by molar-refractivity contribution is 7.92. The average Bonchev–Trinajstić information content (AvgIpc) is 3.00. The lowest BCUT2D eigenvalue weighted by atomic mass is 10.0. The number of halogens is 3. The van der Waals surface area contributed by atoms with Gasteiger partial charge in [-0.1, -0.05) is 95.5 Å². The molecule has 0 radical (unpaired) electrons. The van der Waals surface area contributed by atoms with Gasteiger partial charge in [0.1, 0.15) is 12.6 Å². The zero-order chi connectivity index (χ0) is 32.7. The molecule has 1 atom stereocenters. The molecule has 0 heterocycles. The quantitative estimate of drug-likeness (QED) is 0.169. The summed E-state index contributed by atoms with van der Waals surface area (Å²) in [5.41, 5.74) is 2.07. The van der Waals surface area contributed by atoms with Crippen molar-refractivity contribution >= 4 is 62.3 Å². The number of aryl methyl sites for hydroxylation is 1. The van der Waals surface area contributed by atoms with E-state index in [4.69, 9.17) is 34.8 Å². The predicted molar refractivity (Wildman–Crippen MR) is 181 cm³/mol. The molecule has 0 spiro atoms. The maximum absolute atomic E-state index is 14.6. The zero-order valence-corrected chi connectivity index (χ0v) is 28.2. The Hall–Kier alpha value is -3.56. The van der Waals surface area contributed by atoms with E-state index in [0.29, 0.717) is 26.2 Å². The first kappa shape index (κ1) is 34.3. The monoisotopic (exact) mass is 685 g/mol. The number of nitrogens with zero attached hydrogens (tertiary/aromatic N) is 2. The Morgan fingerprint density at radius 3 is 2.02 bits per heavy atom. The van der Waals surface area contributed by atoms with Crippen LogP contribution in [0.25, 0.3) is 0 Å². The second-order valence-corrected chi connectivity index (χ2v) is 14.0. The molecule has 0 unspecified atom stereocenters. The van der Waals surface area contributed by atoms with Gasteiger partial charge in [0.05, 0.1) is 10.6 Å². The van der Waals surface area contributed by atoms with E-state index in [1.165, 1.54) is 23.1 Å². The van der Waals surface area contributed by atoms with Crippen molar-refractivity contribution in [1.29, 1.82) is 0 Å². The van der Waals surface area contributed by atoms with Crippen molar-refractivity contribution < 1.29 is 18.0 Å². The van der Waals surface area contributed by atoms with Gasteiger partial charge < -0.3 is 10.2 Å². The Balaban J connectivity index is 1.86. The van der Waals surface area contributed by atoms with Gasteiger partial charge in [0.15, 0.2) is 0 Å². The van der Waals surface area contributed by atoms with Crippen LogP contribution in [0.15, 0.2) is 102 Å². The molecule has 0 aliphatic rings. The second kappa shape index (κ2) is 15.1. The van der Waals surface area contributed by atoms with Gasteiger partial charge in [0.25, 0.3) is 10.0 Å². The van der Waals surface area contributed by atoms with Gasteiger partial charge in [-0.05, 0) is 68.3 Å². The van der Waals surface area contributed by atoms with Crippen LogP contribution in [0.5, 0.6) is 0 Å². The first-order valence-corrected chi connectivity index (χ1v) is 16.9. The standard InChI is InChI=1S/C34H34Cl3N3O4S/c1-23(2)38-34(42)32(19-25-11-6-4-7-12-25)39(21-28-29(36)15-10-16-30(28)37)33(41)22-40(31-20-26(35)18-17-24(31)3)45(43,44)27-13-8-5-9-14-27/h4-18,20,23,32H,19,21-22H2,1-3H3,(H,38,42)/t32-/m0/s1. The number of carbonyl (C=O) groups is 2. The van der Waals surface area contributed by atoms with Crippen molar-refractivity contribution in [3.8, 4) is 0 Å². The van der Waals surface area contributed by atoms with E-state index in [0.717, 1.165) is 9.87 Å². The fourth-order valence-corrected chi connectivity index (χ4v) is 7.05. The minimum absolute atomic E-state index is 0.00346. The molecule has 2 amide bonds. The molecule has 11 heteroatoms. The third-order valence-electron chi connectivity index (χ3n) is 7.14. The largest absolute Gasteiger partial charge is 0.352 e. The molecule has 0 fully saturated rings. The van der Waals surface area contributed by atoms with Crippen molar-refractivity contribution in [1.82, 2.24) is 10.2 Å². The molecule has 7 nitrogen and oxygen atoms in total. The number of carbonyl (C=O) groups excluding carboxylic acids is 2. The van der Waals surface area contributed by atoms with E-state index < -0.39 is 34.4 Å². The van der Waals surface area contributed by atoms with Crippen LogP contribution in [0, 0.1) is 6.92 Å². The molecule has 0 aliphatic heterocycles. The van der Waals surface area contributed by atoms with Crippen molar-refractivity contribution in [2.75, 3.05) is 10.8 Å². The second-order valence-electron chi connectivity index (χ2n) is 10.8. The van der Waals surface area contributed by atoms with E-state index in [1.807, 2.05) is 44.2 Å². The molecular weight excluding hydrogens is 653 g/mol. The number of nitrogens with one attached hydrogen (secondary N) is 1. The highest BCUT2D eigenvalue weighted by Crippen LogP contribution is 2.31. The van der Waals surface area contributed by atoms with Crippen LogP contribution >= 0.6 is 34.8 Å². The summed E-state index contributed by atoms with van der Waals surface area (Å²) in [7, 11) is -4.26. The number of anilines is 1. The lowest BCUT2D eigenvalue weighted by Gasteiger charge is -2.34. The summed E-state index contributed by atoms with van der Waals surface area (Å²) in [4.78, 5) is 29.7. The third kappa shape index (κ3) is 8.58. The first-order chi connectivity index (χ1) is 21.4. The number of hydrogen-bond donors (Lipinski definition) is 1. The molecule has 45 heavy (non-hydrogen) atoms. The summed E-state index contributed by atoms with van der Waals surface area (Å²) in [6, 6.07) is 25.7.